The molecule has 0 saturated carbocycles. The van der Waals surface area contributed by atoms with Crippen molar-refractivity contribution in [2.45, 2.75) is 43.8 Å². The van der Waals surface area contributed by atoms with Gasteiger partial charge in [0.05, 0.1) is 18.8 Å². The molecule has 0 bridgehead atoms. The van der Waals surface area contributed by atoms with E-state index in [-0.39, 0.29) is 24.2 Å². The zero-order chi connectivity index (χ0) is 18.0. The van der Waals surface area contributed by atoms with Gasteiger partial charge in [-0.2, -0.15) is 0 Å². The molecule has 2 N–H and O–H groups in total. The molecule has 0 spiro atoms. The highest BCUT2D eigenvalue weighted by Gasteiger charge is 2.33. The molecule has 132 valence electrons. The van der Waals surface area contributed by atoms with Gasteiger partial charge in [-0.25, -0.2) is 4.39 Å². The van der Waals surface area contributed by atoms with E-state index in [1.165, 1.54) is 12.1 Å². The number of halogens is 1. The van der Waals surface area contributed by atoms with Crippen LogP contribution in [0.3, 0.4) is 0 Å². The number of benzene rings is 2. The minimum absolute atomic E-state index is 0.229. The van der Waals surface area contributed by atoms with Gasteiger partial charge in [0.15, 0.2) is 0 Å². The number of hydrogen-bond acceptors (Lipinski definition) is 3. The second kappa shape index (κ2) is 7.46. The summed E-state index contributed by atoms with van der Waals surface area (Å²) in [5.74, 6) is -0.758. The van der Waals surface area contributed by atoms with Crippen LogP contribution in [0.5, 0.6) is 0 Å². The summed E-state index contributed by atoms with van der Waals surface area (Å²) in [6.07, 6.45) is -0.299. The molecule has 0 radical (unpaired) electrons. The zero-order valence-corrected chi connectivity index (χ0v) is 14.4. The second-order valence-electron chi connectivity index (χ2n) is 6.90. The molecular weight excluding hydrogens is 317 g/mol. The Morgan fingerprint density at radius 1 is 1.20 bits per heavy atom. The van der Waals surface area contributed by atoms with Crippen molar-refractivity contribution in [3.63, 3.8) is 0 Å². The summed E-state index contributed by atoms with van der Waals surface area (Å²) < 4.78 is 13.8. The van der Waals surface area contributed by atoms with Crippen molar-refractivity contribution in [2.75, 3.05) is 6.54 Å². The van der Waals surface area contributed by atoms with E-state index < -0.39 is 12.2 Å². The molecule has 25 heavy (non-hydrogen) atoms. The SMILES string of the molecule is C=NC[C@H](O)C[C@@H]1c2ccccc2Cc2ccc(F)cc2[C@H](C)[C@@H]1O. The van der Waals surface area contributed by atoms with Gasteiger partial charge in [-0.1, -0.05) is 37.3 Å². The van der Waals surface area contributed by atoms with Crippen LogP contribution in [0.1, 0.15) is 47.4 Å². The topological polar surface area (TPSA) is 52.8 Å². The van der Waals surface area contributed by atoms with E-state index in [9.17, 15) is 14.6 Å². The van der Waals surface area contributed by atoms with Crippen LogP contribution in [0.15, 0.2) is 47.5 Å². The van der Waals surface area contributed by atoms with E-state index in [1.54, 1.807) is 0 Å². The maximum atomic E-state index is 13.8. The van der Waals surface area contributed by atoms with Crippen molar-refractivity contribution in [3.8, 4) is 0 Å². The summed E-state index contributed by atoms with van der Waals surface area (Å²) in [5.41, 5.74) is 4.01. The summed E-state index contributed by atoms with van der Waals surface area (Å²) in [4.78, 5) is 3.76. The standard InChI is InChI=1S/C21H24FNO2/c1-13-19-10-16(22)8-7-15(19)9-14-5-3-4-6-18(14)20(21(13)25)11-17(24)12-23-2/h3-8,10,13,17,20-21,24-25H,2,9,11-12H2,1H3/t13-,17+,20+,21-/m0/s1. The van der Waals surface area contributed by atoms with Crippen molar-refractivity contribution >= 4 is 6.72 Å². The van der Waals surface area contributed by atoms with Gasteiger partial charge in [-0.3, -0.25) is 4.99 Å². The van der Waals surface area contributed by atoms with Crippen LogP contribution < -0.4 is 0 Å². The lowest BCUT2D eigenvalue weighted by Gasteiger charge is -2.34. The van der Waals surface area contributed by atoms with E-state index in [4.69, 9.17) is 0 Å². The summed E-state index contributed by atoms with van der Waals surface area (Å²) in [6.45, 7) is 5.59. The Kier molecular flexibility index (Phi) is 5.30. The molecule has 3 nitrogen and oxygen atoms in total. The van der Waals surface area contributed by atoms with Crippen molar-refractivity contribution in [3.05, 3.63) is 70.5 Å². The van der Waals surface area contributed by atoms with Crippen LogP contribution >= 0.6 is 0 Å². The molecule has 3 rings (SSSR count). The predicted octanol–water partition coefficient (Wildman–Crippen LogP) is 3.43. The van der Waals surface area contributed by atoms with Crippen LogP contribution in [0, 0.1) is 5.82 Å². The zero-order valence-electron chi connectivity index (χ0n) is 14.4. The first-order valence-corrected chi connectivity index (χ1v) is 8.66. The molecule has 2 aromatic carbocycles. The van der Waals surface area contributed by atoms with Gasteiger partial charge in [0, 0.05) is 11.8 Å². The van der Waals surface area contributed by atoms with Crippen LogP contribution in [-0.2, 0) is 6.42 Å². The Hall–Kier alpha value is -2.04. The first-order chi connectivity index (χ1) is 12.0. The van der Waals surface area contributed by atoms with E-state index in [0.29, 0.717) is 12.8 Å². The molecule has 0 aliphatic heterocycles. The number of aliphatic hydroxyl groups excluding tert-OH is 2. The fraction of sp³-hybridized carbons (Fsp3) is 0.381. The van der Waals surface area contributed by atoms with E-state index in [0.717, 1.165) is 22.3 Å². The van der Waals surface area contributed by atoms with Crippen molar-refractivity contribution in [2.24, 2.45) is 4.99 Å². The third kappa shape index (κ3) is 3.65. The van der Waals surface area contributed by atoms with E-state index in [1.807, 2.05) is 37.3 Å². The minimum atomic E-state index is -0.721. The van der Waals surface area contributed by atoms with Crippen LogP contribution in [0.4, 0.5) is 4.39 Å². The fourth-order valence-electron chi connectivity index (χ4n) is 3.91. The molecule has 4 atom stereocenters. The fourth-order valence-corrected chi connectivity index (χ4v) is 3.91. The Balaban J connectivity index is 2.07. The Morgan fingerprint density at radius 3 is 2.68 bits per heavy atom. The van der Waals surface area contributed by atoms with Crippen LogP contribution in [0.2, 0.25) is 0 Å². The lowest BCUT2D eigenvalue weighted by molar-refractivity contribution is 0.0810. The summed E-state index contributed by atoms with van der Waals surface area (Å²) in [6, 6.07) is 12.8. The Morgan fingerprint density at radius 2 is 1.92 bits per heavy atom. The van der Waals surface area contributed by atoms with Crippen LogP contribution in [-0.4, -0.2) is 35.7 Å². The van der Waals surface area contributed by atoms with Gasteiger partial charge in [-0.05, 0) is 53.9 Å². The van der Waals surface area contributed by atoms with Gasteiger partial charge < -0.3 is 10.2 Å². The number of rotatable bonds is 4. The maximum absolute atomic E-state index is 13.8. The van der Waals surface area contributed by atoms with E-state index >= 15 is 0 Å². The largest absolute Gasteiger partial charge is 0.392 e. The first-order valence-electron chi connectivity index (χ1n) is 8.66. The Bertz CT molecular complexity index is 761. The lowest BCUT2D eigenvalue weighted by Crippen LogP contribution is -2.31. The summed E-state index contributed by atoms with van der Waals surface area (Å²) >= 11 is 0. The number of hydrogen-bond donors (Lipinski definition) is 2. The molecule has 1 aliphatic carbocycles. The monoisotopic (exact) mass is 341 g/mol. The molecule has 0 amide bonds. The maximum Gasteiger partial charge on any atom is 0.123 e. The smallest absolute Gasteiger partial charge is 0.123 e. The molecule has 4 heteroatoms. The first kappa shape index (κ1) is 17.8. The van der Waals surface area contributed by atoms with Gasteiger partial charge in [0.1, 0.15) is 5.82 Å². The quantitative estimate of drug-likeness (QED) is 0.837. The number of aliphatic hydroxyl groups is 2. The van der Waals surface area contributed by atoms with Crippen LogP contribution in [0.25, 0.3) is 0 Å². The lowest BCUT2D eigenvalue weighted by atomic mass is 9.74. The number of aliphatic imine (C=N–C) groups is 1. The molecule has 1 aliphatic rings. The molecule has 0 aromatic heterocycles. The average Bonchev–Trinajstić information content (AvgIpc) is 2.60. The Labute approximate surface area is 147 Å². The second-order valence-corrected chi connectivity index (χ2v) is 6.90. The van der Waals surface area contributed by atoms with Gasteiger partial charge in [0.2, 0.25) is 0 Å². The normalized spacial score (nSPS) is 23.8. The highest BCUT2D eigenvalue weighted by Crippen LogP contribution is 2.39. The third-order valence-corrected chi connectivity index (χ3v) is 5.22. The minimum Gasteiger partial charge on any atom is -0.392 e. The highest BCUT2D eigenvalue weighted by molar-refractivity contribution is 5.43. The number of nitrogens with zero attached hydrogens (tertiary/aromatic N) is 1. The molecule has 0 saturated heterocycles. The average molecular weight is 341 g/mol. The van der Waals surface area contributed by atoms with Gasteiger partial charge in [-0.15, -0.1) is 0 Å². The summed E-state index contributed by atoms with van der Waals surface area (Å²) in [7, 11) is 0. The molecule has 0 unspecified atom stereocenters. The van der Waals surface area contributed by atoms with Gasteiger partial charge >= 0.3 is 0 Å². The highest BCUT2D eigenvalue weighted by atomic mass is 19.1. The number of fused-ring (bicyclic) bond motifs is 2. The third-order valence-electron chi connectivity index (χ3n) is 5.22. The van der Waals surface area contributed by atoms with Crippen molar-refractivity contribution in [1.29, 1.82) is 0 Å². The van der Waals surface area contributed by atoms with Crippen molar-refractivity contribution in [1.82, 2.24) is 0 Å². The summed E-state index contributed by atoms with van der Waals surface area (Å²) in [5, 5.41) is 21.3. The molecular formula is C21H24FNO2. The van der Waals surface area contributed by atoms with Gasteiger partial charge in [0.25, 0.3) is 0 Å². The molecule has 2 aromatic rings. The predicted molar refractivity (Wildman–Crippen MR) is 97.9 cm³/mol. The molecule has 0 fully saturated rings. The van der Waals surface area contributed by atoms with Crippen molar-refractivity contribution < 1.29 is 14.6 Å². The van der Waals surface area contributed by atoms with E-state index in [2.05, 4.69) is 11.7 Å². The molecule has 0 heterocycles.